The van der Waals surface area contributed by atoms with Crippen molar-refractivity contribution in [2.75, 3.05) is 13.3 Å². The van der Waals surface area contributed by atoms with Gasteiger partial charge in [0.2, 0.25) is 15.9 Å². The Labute approximate surface area is 160 Å². The Morgan fingerprint density at radius 2 is 1.93 bits per heavy atom. The topological polar surface area (TPSA) is 79.6 Å². The van der Waals surface area contributed by atoms with Crippen LogP contribution in [0.5, 0.6) is 0 Å². The summed E-state index contributed by atoms with van der Waals surface area (Å²) in [5.41, 5.74) is 1.25. The van der Waals surface area contributed by atoms with Crippen LogP contribution in [0, 0.1) is 0 Å². The lowest BCUT2D eigenvalue weighted by Crippen LogP contribution is -2.31. The van der Waals surface area contributed by atoms with Crippen molar-refractivity contribution in [3.05, 3.63) is 65.6 Å². The van der Waals surface area contributed by atoms with E-state index in [4.69, 9.17) is 4.42 Å². The molecule has 0 fully saturated rings. The van der Waals surface area contributed by atoms with Gasteiger partial charge in [0, 0.05) is 19.2 Å². The summed E-state index contributed by atoms with van der Waals surface area (Å²) in [5.74, 6) is 0.819. The standard InChI is InChI=1S/C20H26N2O4S/c1-16(9-10-17-7-5-4-6-8-17)21-20(23)14-13-18-11-12-19(26-18)15-22(2)27(3,24)25/h4-8,11-14,16H,9-10,15H2,1-3H3,(H,21,23)/b14-13+/t16-/m1/s1. The number of amides is 1. The van der Waals surface area contributed by atoms with E-state index in [0.29, 0.717) is 11.5 Å². The Bertz CT molecular complexity index is 872. The number of benzene rings is 1. The predicted molar refractivity (Wildman–Crippen MR) is 106 cm³/mol. The highest BCUT2D eigenvalue weighted by Crippen LogP contribution is 2.13. The van der Waals surface area contributed by atoms with Gasteiger partial charge < -0.3 is 9.73 Å². The number of rotatable bonds is 9. The molecule has 0 unspecified atom stereocenters. The van der Waals surface area contributed by atoms with Gasteiger partial charge in [0.05, 0.1) is 12.8 Å². The molecule has 1 heterocycles. The van der Waals surface area contributed by atoms with Crippen LogP contribution >= 0.6 is 0 Å². The van der Waals surface area contributed by atoms with Gasteiger partial charge in [-0.1, -0.05) is 30.3 Å². The maximum atomic E-state index is 12.0. The van der Waals surface area contributed by atoms with E-state index >= 15 is 0 Å². The summed E-state index contributed by atoms with van der Waals surface area (Å²) in [7, 11) is -1.78. The lowest BCUT2D eigenvalue weighted by Gasteiger charge is -2.12. The molecule has 6 nitrogen and oxygen atoms in total. The first-order valence-corrected chi connectivity index (χ1v) is 10.6. The fourth-order valence-corrected chi connectivity index (χ4v) is 2.82. The van der Waals surface area contributed by atoms with E-state index in [1.807, 2.05) is 25.1 Å². The van der Waals surface area contributed by atoms with Crippen molar-refractivity contribution in [2.45, 2.75) is 32.4 Å². The molecule has 2 rings (SSSR count). The van der Waals surface area contributed by atoms with E-state index in [0.717, 1.165) is 19.1 Å². The second kappa shape index (κ2) is 9.53. The van der Waals surface area contributed by atoms with Crippen molar-refractivity contribution in [3.63, 3.8) is 0 Å². The zero-order chi connectivity index (χ0) is 19.9. The van der Waals surface area contributed by atoms with Crippen molar-refractivity contribution in [3.8, 4) is 0 Å². The highest BCUT2D eigenvalue weighted by molar-refractivity contribution is 7.88. The molecule has 0 aliphatic rings. The molecule has 0 bridgehead atoms. The monoisotopic (exact) mass is 390 g/mol. The third-order valence-corrected chi connectivity index (χ3v) is 5.38. The van der Waals surface area contributed by atoms with Gasteiger partial charge in [-0.25, -0.2) is 8.42 Å². The van der Waals surface area contributed by atoms with Crippen molar-refractivity contribution >= 4 is 22.0 Å². The first-order chi connectivity index (χ1) is 12.7. The van der Waals surface area contributed by atoms with Crippen molar-refractivity contribution in [2.24, 2.45) is 0 Å². The minimum absolute atomic E-state index is 0.0536. The van der Waals surface area contributed by atoms with Crippen LogP contribution in [0.2, 0.25) is 0 Å². The third-order valence-electron chi connectivity index (χ3n) is 4.12. The van der Waals surface area contributed by atoms with Gasteiger partial charge in [-0.2, -0.15) is 4.31 Å². The number of hydrogen-bond acceptors (Lipinski definition) is 4. The second-order valence-electron chi connectivity index (χ2n) is 6.59. The summed E-state index contributed by atoms with van der Waals surface area (Å²) in [6.45, 7) is 2.12. The maximum absolute atomic E-state index is 12.0. The number of aryl methyl sites for hydroxylation is 1. The van der Waals surface area contributed by atoms with Crippen molar-refractivity contribution in [1.82, 2.24) is 9.62 Å². The van der Waals surface area contributed by atoms with Gasteiger partial charge in [0.1, 0.15) is 11.5 Å². The predicted octanol–water partition coefficient (Wildman–Crippen LogP) is 2.82. The van der Waals surface area contributed by atoms with E-state index in [1.54, 1.807) is 18.2 Å². The van der Waals surface area contributed by atoms with Gasteiger partial charge in [-0.15, -0.1) is 0 Å². The van der Waals surface area contributed by atoms with Gasteiger partial charge in [0.25, 0.3) is 0 Å². The molecule has 146 valence electrons. The summed E-state index contributed by atoms with van der Waals surface area (Å²) in [5, 5.41) is 2.92. The zero-order valence-electron chi connectivity index (χ0n) is 15.9. The lowest BCUT2D eigenvalue weighted by atomic mass is 10.1. The average molecular weight is 391 g/mol. The van der Waals surface area contributed by atoms with E-state index < -0.39 is 10.0 Å². The average Bonchev–Trinajstić information content (AvgIpc) is 3.06. The molecule has 27 heavy (non-hydrogen) atoms. The minimum Gasteiger partial charge on any atom is -0.460 e. The zero-order valence-corrected chi connectivity index (χ0v) is 16.7. The van der Waals surface area contributed by atoms with Crippen LogP contribution in [-0.4, -0.2) is 38.0 Å². The summed E-state index contributed by atoms with van der Waals surface area (Å²) in [4.78, 5) is 12.0. The van der Waals surface area contributed by atoms with Gasteiger partial charge in [-0.3, -0.25) is 4.79 Å². The van der Waals surface area contributed by atoms with Crippen LogP contribution in [0.3, 0.4) is 0 Å². The van der Waals surface area contributed by atoms with Crippen LogP contribution in [0.4, 0.5) is 0 Å². The van der Waals surface area contributed by atoms with Gasteiger partial charge in [-0.05, 0) is 43.5 Å². The summed E-state index contributed by atoms with van der Waals surface area (Å²) in [6, 6.07) is 13.6. The summed E-state index contributed by atoms with van der Waals surface area (Å²) >= 11 is 0. The van der Waals surface area contributed by atoms with Gasteiger partial charge in [0.15, 0.2) is 0 Å². The highest BCUT2D eigenvalue weighted by Gasteiger charge is 2.13. The van der Waals surface area contributed by atoms with E-state index in [1.165, 1.54) is 23.0 Å². The molecule has 0 saturated heterocycles. The van der Waals surface area contributed by atoms with Crippen LogP contribution in [0.25, 0.3) is 6.08 Å². The number of nitrogens with zero attached hydrogens (tertiary/aromatic N) is 1. The Morgan fingerprint density at radius 3 is 2.59 bits per heavy atom. The van der Waals surface area contributed by atoms with E-state index in [-0.39, 0.29) is 18.5 Å². The molecule has 0 aliphatic heterocycles. The highest BCUT2D eigenvalue weighted by atomic mass is 32.2. The SMILES string of the molecule is C[C@H](CCc1ccccc1)NC(=O)/C=C/c1ccc(CN(C)S(C)(=O)=O)o1. The molecular formula is C20H26N2O4S. The van der Waals surface area contributed by atoms with E-state index in [2.05, 4.69) is 17.4 Å². The fraction of sp³-hybridized carbons (Fsp3) is 0.350. The lowest BCUT2D eigenvalue weighted by molar-refractivity contribution is -0.117. The molecule has 1 aromatic heterocycles. The third kappa shape index (κ3) is 7.40. The van der Waals surface area contributed by atoms with E-state index in [9.17, 15) is 13.2 Å². The van der Waals surface area contributed by atoms with Crippen LogP contribution in [-0.2, 0) is 27.8 Å². The summed E-state index contributed by atoms with van der Waals surface area (Å²) in [6.07, 6.45) is 5.89. The van der Waals surface area contributed by atoms with Crippen LogP contribution in [0.1, 0.15) is 30.4 Å². The molecule has 0 radical (unpaired) electrons. The quantitative estimate of drug-likeness (QED) is 0.668. The maximum Gasteiger partial charge on any atom is 0.244 e. The Morgan fingerprint density at radius 1 is 1.22 bits per heavy atom. The number of carbonyl (C=O) groups excluding carboxylic acids is 1. The molecule has 1 aromatic carbocycles. The molecule has 2 aromatic rings. The van der Waals surface area contributed by atoms with Crippen molar-refractivity contribution in [1.29, 1.82) is 0 Å². The number of furan rings is 1. The Balaban J connectivity index is 1.80. The largest absolute Gasteiger partial charge is 0.460 e. The minimum atomic E-state index is -3.27. The molecule has 1 N–H and O–H groups in total. The summed E-state index contributed by atoms with van der Waals surface area (Å²) < 4.78 is 29.6. The first kappa shape index (κ1) is 20.9. The van der Waals surface area contributed by atoms with Crippen LogP contribution < -0.4 is 5.32 Å². The number of nitrogens with one attached hydrogen (secondary N) is 1. The van der Waals surface area contributed by atoms with Crippen LogP contribution in [0.15, 0.2) is 53.0 Å². The second-order valence-corrected chi connectivity index (χ2v) is 8.68. The number of sulfonamides is 1. The molecule has 1 atom stereocenters. The smallest absolute Gasteiger partial charge is 0.244 e. The van der Waals surface area contributed by atoms with Crippen molar-refractivity contribution < 1.29 is 17.6 Å². The molecule has 0 aliphatic carbocycles. The molecular weight excluding hydrogens is 364 g/mol. The number of hydrogen-bond donors (Lipinski definition) is 1. The molecule has 1 amide bonds. The number of carbonyl (C=O) groups is 1. The molecule has 7 heteroatoms. The fourth-order valence-electron chi connectivity index (χ4n) is 2.45. The Hall–Kier alpha value is -2.38. The molecule has 0 spiro atoms. The molecule has 0 saturated carbocycles. The van der Waals surface area contributed by atoms with Gasteiger partial charge >= 0.3 is 0 Å². The normalized spacial score (nSPS) is 13.2. The Kier molecular flexibility index (Phi) is 7.38. The first-order valence-electron chi connectivity index (χ1n) is 8.76.